The molecule has 0 amide bonds. The molecule has 0 aliphatic carbocycles. The highest BCUT2D eigenvalue weighted by molar-refractivity contribution is 5.85. The van der Waals surface area contributed by atoms with Gasteiger partial charge in [-0.3, -0.25) is 0 Å². The van der Waals surface area contributed by atoms with Crippen LogP contribution in [0.3, 0.4) is 0 Å². The van der Waals surface area contributed by atoms with Crippen LogP contribution in [-0.4, -0.2) is 11.2 Å². The van der Waals surface area contributed by atoms with Crippen molar-refractivity contribution < 1.29 is 35.8 Å². The Bertz CT molecular complexity index is 515. The Balaban J connectivity index is 0.00000441. The second-order valence-corrected chi connectivity index (χ2v) is 4.42. The van der Waals surface area contributed by atoms with Crippen LogP contribution in [0.2, 0.25) is 0 Å². The molecule has 22 heavy (non-hydrogen) atoms. The summed E-state index contributed by atoms with van der Waals surface area (Å²) in [6.45, 7) is 1.39. The number of benzene rings is 1. The third-order valence-electron chi connectivity index (χ3n) is 2.93. The Morgan fingerprint density at radius 3 is 1.95 bits per heavy atom. The number of alkyl halides is 6. The number of hydrogen-bond acceptors (Lipinski definition) is 2. The lowest BCUT2D eigenvalue weighted by Crippen LogP contribution is -2.29. The summed E-state index contributed by atoms with van der Waals surface area (Å²) in [4.78, 5) is 0. The van der Waals surface area contributed by atoms with Crippen molar-refractivity contribution in [3.8, 4) is 0 Å². The molecule has 1 rings (SSSR count). The van der Waals surface area contributed by atoms with Crippen molar-refractivity contribution in [2.24, 2.45) is 5.73 Å². The van der Waals surface area contributed by atoms with Crippen molar-refractivity contribution in [3.63, 3.8) is 0 Å². The fourth-order valence-electron chi connectivity index (χ4n) is 1.80. The Kier molecular flexibility index (Phi) is 6.67. The Morgan fingerprint density at radius 2 is 1.59 bits per heavy atom. The van der Waals surface area contributed by atoms with Crippen LogP contribution in [-0.2, 0) is 12.4 Å². The predicted octanol–water partition coefficient (Wildman–Crippen LogP) is 4.06. The van der Waals surface area contributed by atoms with E-state index in [0.29, 0.717) is 0 Å². The van der Waals surface area contributed by atoms with Crippen LogP contribution in [0, 0.1) is 5.82 Å². The maximum atomic E-state index is 13.7. The van der Waals surface area contributed by atoms with E-state index in [1.54, 1.807) is 0 Å². The molecule has 10 heteroatoms. The van der Waals surface area contributed by atoms with Crippen LogP contribution in [0.5, 0.6) is 0 Å². The van der Waals surface area contributed by atoms with Gasteiger partial charge in [-0.05, 0) is 18.6 Å². The first-order chi connectivity index (χ1) is 9.39. The smallest absolute Gasteiger partial charge is 0.391 e. The molecule has 3 N–H and O–H groups in total. The van der Waals surface area contributed by atoms with E-state index in [-0.39, 0.29) is 31.0 Å². The predicted molar refractivity (Wildman–Crippen MR) is 66.9 cm³/mol. The van der Waals surface area contributed by atoms with Crippen molar-refractivity contribution in [1.29, 1.82) is 0 Å². The van der Waals surface area contributed by atoms with Gasteiger partial charge in [0, 0.05) is 5.56 Å². The molecule has 0 fully saturated rings. The Hall–Kier alpha value is -1.06. The zero-order chi connectivity index (χ0) is 16.6. The summed E-state index contributed by atoms with van der Waals surface area (Å²) in [5, 5.41) is 9.44. The quantitative estimate of drug-likeness (QED) is 0.803. The molecule has 0 aliphatic heterocycles. The topological polar surface area (TPSA) is 46.2 Å². The molecule has 0 spiro atoms. The van der Waals surface area contributed by atoms with Gasteiger partial charge in [-0.1, -0.05) is 6.92 Å². The van der Waals surface area contributed by atoms with Crippen LogP contribution >= 0.6 is 12.4 Å². The van der Waals surface area contributed by atoms with Crippen LogP contribution in [0.25, 0.3) is 0 Å². The van der Waals surface area contributed by atoms with Crippen molar-refractivity contribution in [3.05, 3.63) is 34.6 Å². The van der Waals surface area contributed by atoms with Crippen molar-refractivity contribution in [1.82, 2.24) is 0 Å². The number of aliphatic hydroxyl groups is 1. The van der Waals surface area contributed by atoms with E-state index in [0.717, 1.165) is 0 Å². The van der Waals surface area contributed by atoms with Gasteiger partial charge >= 0.3 is 12.4 Å². The SMILES string of the molecule is CC[C@@H](O)[C@@H](N)c1c(F)cc(C(F)(F)F)cc1C(F)(F)F.Cl. The number of hydrogen-bond donors (Lipinski definition) is 2. The third kappa shape index (κ3) is 4.47. The zero-order valence-corrected chi connectivity index (χ0v) is 11.9. The minimum atomic E-state index is -5.23. The first kappa shape index (κ1) is 20.9. The largest absolute Gasteiger partial charge is 0.416 e. The third-order valence-corrected chi connectivity index (χ3v) is 2.93. The van der Waals surface area contributed by atoms with Crippen LogP contribution in [0.1, 0.15) is 36.1 Å². The first-order valence-electron chi connectivity index (χ1n) is 5.81. The first-order valence-corrected chi connectivity index (χ1v) is 5.81. The molecular weight excluding hydrogens is 343 g/mol. The van der Waals surface area contributed by atoms with Gasteiger partial charge in [0.1, 0.15) is 5.82 Å². The lowest BCUT2D eigenvalue weighted by Gasteiger charge is -2.23. The molecule has 0 saturated heterocycles. The van der Waals surface area contributed by atoms with Gasteiger partial charge in [0.15, 0.2) is 0 Å². The van der Waals surface area contributed by atoms with Crippen molar-refractivity contribution in [2.45, 2.75) is 37.8 Å². The highest BCUT2D eigenvalue weighted by atomic mass is 35.5. The number of rotatable bonds is 3. The maximum absolute atomic E-state index is 13.7. The molecule has 2 atom stereocenters. The van der Waals surface area contributed by atoms with E-state index in [1.165, 1.54) is 6.92 Å². The number of aliphatic hydroxyl groups excluding tert-OH is 1. The van der Waals surface area contributed by atoms with Crippen LogP contribution in [0.4, 0.5) is 30.7 Å². The lowest BCUT2D eigenvalue weighted by atomic mass is 9.93. The van der Waals surface area contributed by atoms with Gasteiger partial charge in [-0.25, -0.2) is 4.39 Å². The summed E-state index contributed by atoms with van der Waals surface area (Å²) in [6, 6.07) is -2.05. The normalized spacial score (nSPS) is 15.2. The van der Waals surface area contributed by atoms with Gasteiger partial charge in [0.05, 0.1) is 23.3 Å². The molecular formula is C12H13ClF7NO. The summed E-state index contributed by atoms with van der Waals surface area (Å²) < 4.78 is 89.7. The molecule has 0 unspecified atom stereocenters. The standard InChI is InChI=1S/C12H12F7NO.ClH/c1-2-8(21)10(20)9-6(12(17,18)19)3-5(4-7(9)13)11(14,15)16;/h3-4,8,10,21H,2,20H2,1H3;1H/t8-,10-;/m1./s1. The Labute approximate surface area is 127 Å². The van der Waals surface area contributed by atoms with Gasteiger partial charge in [0.2, 0.25) is 0 Å². The number of nitrogens with two attached hydrogens (primary N) is 1. The molecule has 0 heterocycles. The van der Waals surface area contributed by atoms with E-state index in [2.05, 4.69) is 0 Å². The molecule has 0 aromatic heterocycles. The van der Waals surface area contributed by atoms with Crippen LogP contribution < -0.4 is 5.73 Å². The second kappa shape index (κ2) is 7.01. The van der Waals surface area contributed by atoms with Gasteiger partial charge < -0.3 is 10.8 Å². The fraction of sp³-hybridized carbons (Fsp3) is 0.500. The molecule has 2 nitrogen and oxygen atoms in total. The molecule has 0 aliphatic rings. The average Bonchev–Trinajstić information content (AvgIpc) is 2.33. The van der Waals surface area contributed by atoms with Gasteiger partial charge in [-0.15, -0.1) is 12.4 Å². The lowest BCUT2D eigenvalue weighted by molar-refractivity contribution is -0.144. The molecule has 1 aromatic rings. The average molecular weight is 356 g/mol. The Morgan fingerprint density at radius 1 is 1.09 bits per heavy atom. The second-order valence-electron chi connectivity index (χ2n) is 4.42. The van der Waals surface area contributed by atoms with Crippen molar-refractivity contribution in [2.75, 3.05) is 0 Å². The summed E-state index contributed by atoms with van der Waals surface area (Å²) in [6.07, 6.45) is -12.0. The summed E-state index contributed by atoms with van der Waals surface area (Å²) in [5.74, 6) is -1.75. The summed E-state index contributed by atoms with van der Waals surface area (Å²) >= 11 is 0. The molecule has 128 valence electrons. The van der Waals surface area contributed by atoms with Gasteiger partial charge in [0.25, 0.3) is 0 Å². The monoisotopic (exact) mass is 355 g/mol. The van der Waals surface area contributed by atoms with Crippen molar-refractivity contribution >= 4 is 12.4 Å². The molecule has 0 bridgehead atoms. The zero-order valence-electron chi connectivity index (χ0n) is 11.1. The fourth-order valence-corrected chi connectivity index (χ4v) is 1.80. The van der Waals surface area contributed by atoms with E-state index in [1.807, 2.05) is 0 Å². The van der Waals surface area contributed by atoms with E-state index in [4.69, 9.17) is 5.73 Å². The highest BCUT2D eigenvalue weighted by Crippen LogP contribution is 2.40. The van der Waals surface area contributed by atoms with E-state index >= 15 is 0 Å². The van der Waals surface area contributed by atoms with Crippen LogP contribution in [0.15, 0.2) is 12.1 Å². The number of halogens is 8. The molecule has 0 radical (unpaired) electrons. The summed E-state index contributed by atoms with van der Waals surface area (Å²) in [5.41, 5.74) is 0.552. The molecule has 1 aromatic carbocycles. The minimum Gasteiger partial charge on any atom is -0.391 e. The maximum Gasteiger partial charge on any atom is 0.416 e. The highest BCUT2D eigenvalue weighted by Gasteiger charge is 2.41. The van der Waals surface area contributed by atoms with E-state index < -0.39 is 47.0 Å². The molecule has 0 saturated carbocycles. The van der Waals surface area contributed by atoms with Gasteiger partial charge in [-0.2, -0.15) is 26.3 Å². The van der Waals surface area contributed by atoms with E-state index in [9.17, 15) is 35.8 Å². The minimum absolute atomic E-state index is 0. The summed E-state index contributed by atoms with van der Waals surface area (Å²) in [7, 11) is 0.